The van der Waals surface area contributed by atoms with E-state index in [0.29, 0.717) is 24.0 Å². The number of esters is 1. The normalized spacial score (nSPS) is 11.0. The molecule has 0 atom stereocenters. The Morgan fingerprint density at radius 3 is 2.30 bits per heavy atom. The lowest BCUT2D eigenvalue weighted by atomic mass is 10.1. The molecule has 10 heteroatoms. The van der Waals surface area contributed by atoms with E-state index in [0.717, 1.165) is 4.57 Å². The number of carbonyl (C=O) groups excluding carboxylic acids is 2. The summed E-state index contributed by atoms with van der Waals surface area (Å²) in [6, 6.07) is 4.51. The van der Waals surface area contributed by atoms with Gasteiger partial charge in [-0.05, 0) is 30.0 Å². The maximum absolute atomic E-state index is 12.7. The molecule has 33 heavy (non-hydrogen) atoms. The number of ether oxygens (including phenoxy) is 3. The van der Waals surface area contributed by atoms with Gasteiger partial charge in [0.1, 0.15) is 11.4 Å². The highest BCUT2D eigenvalue weighted by molar-refractivity contribution is 6.02. The van der Waals surface area contributed by atoms with Gasteiger partial charge in [-0.3, -0.25) is 18.7 Å². The zero-order valence-corrected chi connectivity index (χ0v) is 19.8. The van der Waals surface area contributed by atoms with Crippen LogP contribution >= 0.6 is 0 Å². The molecule has 1 aromatic heterocycles. The molecule has 0 aliphatic rings. The average Bonchev–Trinajstić information content (AvgIpc) is 2.77. The zero-order valence-electron chi connectivity index (χ0n) is 19.8. The summed E-state index contributed by atoms with van der Waals surface area (Å²) in [5, 5.41) is 0. The van der Waals surface area contributed by atoms with E-state index in [1.165, 1.54) is 30.9 Å². The number of Topliss-reactive ketones (excluding diaryl/α,β-unsaturated/α-hetero) is 1. The molecule has 0 saturated carbocycles. The summed E-state index contributed by atoms with van der Waals surface area (Å²) < 4.78 is 18.0. The second-order valence-corrected chi connectivity index (χ2v) is 8.48. The summed E-state index contributed by atoms with van der Waals surface area (Å²) >= 11 is 0. The highest BCUT2D eigenvalue weighted by Gasteiger charge is 2.23. The fraction of sp³-hybridized carbons (Fsp3) is 0.478. The van der Waals surface area contributed by atoms with Crippen molar-refractivity contribution in [3.8, 4) is 11.5 Å². The van der Waals surface area contributed by atoms with Gasteiger partial charge in [-0.2, -0.15) is 0 Å². The molecular formula is C23H31N3O7. The number of rotatable bonds is 10. The van der Waals surface area contributed by atoms with Crippen molar-refractivity contribution in [3.05, 3.63) is 50.2 Å². The van der Waals surface area contributed by atoms with E-state index in [-0.39, 0.29) is 29.4 Å². The van der Waals surface area contributed by atoms with Gasteiger partial charge in [-0.25, -0.2) is 9.59 Å². The topological polar surface area (TPSA) is 132 Å². The molecule has 0 bridgehead atoms. The summed E-state index contributed by atoms with van der Waals surface area (Å²) in [6.45, 7) is 7.73. The van der Waals surface area contributed by atoms with Crippen LogP contribution in [0.5, 0.6) is 11.5 Å². The van der Waals surface area contributed by atoms with Crippen molar-refractivity contribution in [2.45, 2.75) is 34.2 Å². The van der Waals surface area contributed by atoms with Crippen LogP contribution in [0.2, 0.25) is 0 Å². The van der Waals surface area contributed by atoms with Crippen molar-refractivity contribution in [2.24, 2.45) is 18.9 Å². The Morgan fingerprint density at radius 2 is 1.73 bits per heavy atom. The number of benzene rings is 1. The molecule has 0 aliphatic heterocycles. The van der Waals surface area contributed by atoms with Gasteiger partial charge in [0.2, 0.25) is 5.78 Å². The first-order chi connectivity index (χ1) is 15.5. The standard InChI is InChI=1S/C23H31N3O7/c1-13(2)10-26-20(24)19(21(28)25(5)23(26)30)16(27)12-33-22(29)15-7-8-17(18(9-15)31-6)32-11-14(3)4/h7-9,13-14H,10-12,24H2,1-6H3. The minimum atomic E-state index is -0.841. The van der Waals surface area contributed by atoms with Gasteiger partial charge in [-0.15, -0.1) is 0 Å². The smallest absolute Gasteiger partial charge is 0.338 e. The minimum Gasteiger partial charge on any atom is -0.493 e. The number of methoxy groups -OCH3 is 1. The quantitative estimate of drug-likeness (QED) is 0.419. The molecule has 0 fully saturated rings. The summed E-state index contributed by atoms with van der Waals surface area (Å²) in [6.07, 6.45) is 0. The van der Waals surface area contributed by atoms with Gasteiger partial charge in [-0.1, -0.05) is 27.7 Å². The Morgan fingerprint density at radius 1 is 1.06 bits per heavy atom. The van der Waals surface area contributed by atoms with Crippen molar-refractivity contribution >= 4 is 17.6 Å². The van der Waals surface area contributed by atoms with Gasteiger partial charge < -0.3 is 19.9 Å². The first-order valence-electron chi connectivity index (χ1n) is 10.6. The molecule has 180 valence electrons. The van der Waals surface area contributed by atoms with Crippen LogP contribution in [-0.4, -0.2) is 41.2 Å². The third-order valence-corrected chi connectivity index (χ3v) is 4.72. The van der Waals surface area contributed by atoms with Crippen molar-refractivity contribution in [1.82, 2.24) is 9.13 Å². The lowest BCUT2D eigenvalue weighted by Crippen LogP contribution is -2.43. The lowest BCUT2D eigenvalue weighted by molar-refractivity contribution is 0.0473. The van der Waals surface area contributed by atoms with Crippen LogP contribution in [0.25, 0.3) is 0 Å². The third kappa shape index (κ3) is 6.03. The second kappa shape index (κ2) is 10.8. The van der Waals surface area contributed by atoms with E-state index < -0.39 is 29.6 Å². The molecule has 2 aromatic rings. The first-order valence-corrected chi connectivity index (χ1v) is 10.6. The molecule has 0 unspecified atom stereocenters. The monoisotopic (exact) mass is 461 g/mol. The Labute approximate surface area is 191 Å². The highest BCUT2D eigenvalue weighted by atomic mass is 16.5. The number of carbonyl (C=O) groups is 2. The Balaban J connectivity index is 2.23. The Kier molecular flexibility index (Phi) is 8.44. The Bertz CT molecular complexity index is 1150. The fourth-order valence-electron chi connectivity index (χ4n) is 3.04. The zero-order chi connectivity index (χ0) is 24.9. The number of anilines is 1. The number of nitrogens with two attached hydrogens (primary N) is 1. The summed E-state index contributed by atoms with van der Waals surface area (Å²) in [5.41, 5.74) is 4.28. The van der Waals surface area contributed by atoms with Crippen LogP contribution in [0, 0.1) is 11.8 Å². The van der Waals surface area contributed by atoms with Crippen LogP contribution in [0.4, 0.5) is 5.82 Å². The molecule has 2 rings (SSSR count). The average molecular weight is 462 g/mol. The molecule has 0 saturated heterocycles. The second-order valence-electron chi connectivity index (χ2n) is 8.48. The molecule has 1 aromatic carbocycles. The number of aromatic nitrogens is 2. The maximum Gasteiger partial charge on any atom is 0.338 e. The van der Waals surface area contributed by atoms with E-state index in [2.05, 4.69) is 0 Å². The van der Waals surface area contributed by atoms with Crippen LogP contribution in [-0.2, 0) is 18.3 Å². The third-order valence-electron chi connectivity index (χ3n) is 4.72. The van der Waals surface area contributed by atoms with E-state index in [9.17, 15) is 19.2 Å². The van der Waals surface area contributed by atoms with Gasteiger partial charge >= 0.3 is 11.7 Å². The summed E-state index contributed by atoms with van der Waals surface area (Å²) in [7, 11) is 2.71. The van der Waals surface area contributed by atoms with Crippen molar-refractivity contribution in [1.29, 1.82) is 0 Å². The van der Waals surface area contributed by atoms with E-state index in [1.807, 2.05) is 27.7 Å². The molecule has 0 radical (unpaired) electrons. The van der Waals surface area contributed by atoms with E-state index >= 15 is 0 Å². The first kappa shape index (κ1) is 25.7. The largest absolute Gasteiger partial charge is 0.493 e. The van der Waals surface area contributed by atoms with Crippen LogP contribution in [0.15, 0.2) is 27.8 Å². The van der Waals surface area contributed by atoms with Crippen LogP contribution in [0.3, 0.4) is 0 Å². The van der Waals surface area contributed by atoms with E-state index in [1.54, 1.807) is 6.07 Å². The maximum atomic E-state index is 12.7. The van der Waals surface area contributed by atoms with Crippen molar-refractivity contribution in [3.63, 3.8) is 0 Å². The van der Waals surface area contributed by atoms with E-state index in [4.69, 9.17) is 19.9 Å². The molecular weight excluding hydrogens is 430 g/mol. The fourth-order valence-corrected chi connectivity index (χ4v) is 3.04. The minimum absolute atomic E-state index is 0.0470. The number of nitrogen functional groups attached to an aromatic ring is 1. The SMILES string of the molecule is COc1cc(C(=O)OCC(=O)c2c(N)n(CC(C)C)c(=O)n(C)c2=O)ccc1OCC(C)C. The summed E-state index contributed by atoms with van der Waals surface area (Å²) in [4.78, 5) is 50.1. The molecule has 1 heterocycles. The predicted octanol–water partition coefficient (Wildman–Crippen LogP) is 1.87. The lowest BCUT2D eigenvalue weighted by Gasteiger charge is -2.16. The molecule has 10 nitrogen and oxygen atoms in total. The Hall–Kier alpha value is -3.56. The molecule has 2 N–H and O–H groups in total. The molecule has 0 aliphatic carbocycles. The number of hydrogen-bond acceptors (Lipinski definition) is 8. The van der Waals surface area contributed by atoms with Gasteiger partial charge in [0.05, 0.1) is 19.3 Å². The van der Waals surface area contributed by atoms with Crippen molar-refractivity contribution < 1.29 is 23.8 Å². The number of nitrogens with zero attached hydrogens (tertiary/aromatic N) is 2. The molecule has 0 amide bonds. The van der Waals surface area contributed by atoms with Gasteiger partial charge in [0, 0.05) is 13.6 Å². The van der Waals surface area contributed by atoms with Crippen LogP contribution in [0.1, 0.15) is 48.4 Å². The van der Waals surface area contributed by atoms with Crippen molar-refractivity contribution in [2.75, 3.05) is 26.1 Å². The predicted molar refractivity (Wildman–Crippen MR) is 123 cm³/mol. The number of ketones is 1. The summed E-state index contributed by atoms with van der Waals surface area (Å²) in [5.74, 6) is -0.666. The van der Waals surface area contributed by atoms with Gasteiger partial charge in [0.25, 0.3) is 5.56 Å². The number of hydrogen-bond donors (Lipinski definition) is 1. The van der Waals surface area contributed by atoms with Gasteiger partial charge in [0.15, 0.2) is 18.1 Å². The highest BCUT2D eigenvalue weighted by Crippen LogP contribution is 2.28. The van der Waals surface area contributed by atoms with Crippen LogP contribution < -0.4 is 26.5 Å². The molecule has 0 spiro atoms.